The molecule has 9 heteroatoms. The summed E-state index contributed by atoms with van der Waals surface area (Å²) in [4.78, 5) is 36.6. The van der Waals surface area contributed by atoms with Gasteiger partial charge in [0.05, 0.1) is 18.8 Å². The number of para-hydroxylation sites is 1. The van der Waals surface area contributed by atoms with Gasteiger partial charge in [-0.05, 0) is 37.8 Å². The van der Waals surface area contributed by atoms with Crippen LogP contribution in [0.3, 0.4) is 0 Å². The van der Waals surface area contributed by atoms with Crippen molar-refractivity contribution in [2.75, 3.05) is 19.8 Å². The van der Waals surface area contributed by atoms with Crippen LogP contribution in [0, 0.1) is 5.92 Å². The highest BCUT2D eigenvalue weighted by Gasteiger charge is 2.35. The zero-order valence-corrected chi connectivity index (χ0v) is 17.7. The molecule has 9 nitrogen and oxygen atoms in total. The molecule has 0 radical (unpaired) electrons. The van der Waals surface area contributed by atoms with Gasteiger partial charge in [-0.3, -0.25) is 14.4 Å². The molecule has 1 aliphatic rings. The minimum atomic E-state index is -0.250. The van der Waals surface area contributed by atoms with Crippen LogP contribution in [0.15, 0.2) is 30.3 Å². The van der Waals surface area contributed by atoms with E-state index in [-0.39, 0.29) is 49.5 Å². The second-order valence-electron chi connectivity index (χ2n) is 7.39. The lowest BCUT2D eigenvalue weighted by atomic mass is 9.83. The molecule has 5 N–H and O–H groups in total. The van der Waals surface area contributed by atoms with Crippen molar-refractivity contribution in [1.29, 1.82) is 0 Å². The molecule has 31 heavy (non-hydrogen) atoms. The van der Waals surface area contributed by atoms with Crippen molar-refractivity contribution in [3.05, 3.63) is 36.0 Å². The summed E-state index contributed by atoms with van der Waals surface area (Å²) in [6.45, 7) is 2.59. The van der Waals surface area contributed by atoms with Crippen LogP contribution in [-0.2, 0) is 14.3 Å². The van der Waals surface area contributed by atoms with Gasteiger partial charge in [-0.25, -0.2) is 0 Å². The van der Waals surface area contributed by atoms with Gasteiger partial charge in [0.2, 0.25) is 5.91 Å². The number of hydrogen-bond donors (Lipinski definition) is 5. The molecule has 1 aliphatic carbocycles. The summed E-state index contributed by atoms with van der Waals surface area (Å²) in [6, 6.07) is 9.35. The highest BCUT2D eigenvalue weighted by Crippen LogP contribution is 2.28. The van der Waals surface area contributed by atoms with Crippen molar-refractivity contribution in [3.8, 4) is 0 Å². The number of benzene rings is 1. The zero-order chi connectivity index (χ0) is 22.6. The molecule has 0 aliphatic heterocycles. The van der Waals surface area contributed by atoms with E-state index < -0.39 is 0 Å². The smallest absolute Gasteiger partial charge is 0.290 e. The number of H-pyrrole nitrogens is 1. The van der Waals surface area contributed by atoms with Gasteiger partial charge in [-0.15, -0.1) is 0 Å². The van der Waals surface area contributed by atoms with E-state index in [2.05, 4.69) is 15.6 Å². The van der Waals surface area contributed by atoms with E-state index >= 15 is 0 Å². The van der Waals surface area contributed by atoms with E-state index in [4.69, 9.17) is 19.7 Å². The zero-order valence-electron chi connectivity index (χ0n) is 17.7. The molecule has 1 saturated carbocycles. The molecule has 0 saturated heterocycles. The molecular formula is C22H31N3O6. The first kappa shape index (κ1) is 24.4. The Labute approximate surface area is 181 Å². The van der Waals surface area contributed by atoms with Crippen LogP contribution < -0.4 is 10.6 Å². The van der Waals surface area contributed by atoms with Crippen molar-refractivity contribution in [2.45, 2.75) is 44.8 Å². The monoisotopic (exact) mass is 433 g/mol. The molecule has 1 aromatic carbocycles. The second-order valence-corrected chi connectivity index (χ2v) is 7.39. The van der Waals surface area contributed by atoms with Gasteiger partial charge >= 0.3 is 0 Å². The van der Waals surface area contributed by atoms with Gasteiger partial charge in [0.25, 0.3) is 12.4 Å². The minimum Gasteiger partial charge on any atom is -0.483 e. The number of carbonyl (C=O) groups excluding carboxylic acids is 2. The third-order valence-corrected chi connectivity index (χ3v) is 5.20. The van der Waals surface area contributed by atoms with E-state index in [1.54, 1.807) is 0 Å². The number of amides is 2. The maximum absolute atomic E-state index is 12.8. The van der Waals surface area contributed by atoms with E-state index in [1.165, 1.54) is 0 Å². The first-order valence-corrected chi connectivity index (χ1v) is 10.5. The average molecular weight is 434 g/mol. The van der Waals surface area contributed by atoms with Crippen LogP contribution >= 0.6 is 0 Å². The summed E-state index contributed by atoms with van der Waals surface area (Å²) in [6.07, 6.45) is 2.76. The number of nitrogens with one attached hydrogen (secondary N) is 3. The first-order valence-electron chi connectivity index (χ1n) is 10.5. The highest BCUT2D eigenvalue weighted by molar-refractivity contribution is 5.98. The molecule has 0 bridgehead atoms. The number of aromatic nitrogens is 1. The van der Waals surface area contributed by atoms with E-state index in [0.717, 1.165) is 23.7 Å². The Morgan fingerprint density at radius 1 is 1.29 bits per heavy atom. The largest absolute Gasteiger partial charge is 0.483 e. The van der Waals surface area contributed by atoms with Crippen LogP contribution in [0.1, 0.15) is 43.1 Å². The summed E-state index contributed by atoms with van der Waals surface area (Å²) < 4.78 is 5.95. The molecule has 0 spiro atoms. The average Bonchev–Trinajstić information content (AvgIpc) is 3.21. The minimum absolute atomic E-state index is 0.0761. The number of aromatic amines is 1. The van der Waals surface area contributed by atoms with Crippen LogP contribution in [0.25, 0.3) is 10.9 Å². The van der Waals surface area contributed by atoms with Crippen molar-refractivity contribution in [2.24, 2.45) is 5.92 Å². The van der Waals surface area contributed by atoms with Gasteiger partial charge in [0, 0.05) is 30.0 Å². The highest BCUT2D eigenvalue weighted by atomic mass is 16.5. The fraction of sp³-hybridized carbons (Fsp3) is 0.500. The summed E-state index contributed by atoms with van der Waals surface area (Å²) in [5, 5.41) is 22.6. The Bertz CT molecular complexity index is 820. The number of aliphatic hydroxyl groups excluding tert-OH is 1. The van der Waals surface area contributed by atoms with Crippen LogP contribution in [-0.4, -0.2) is 65.4 Å². The maximum atomic E-state index is 12.8. The number of hydrogen-bond acceptors (Lipinski definition) is 5. The Morgan fingerprint density at radius 3 is 2.71 bits per heavy atom. The van der Waals surface area contributed by atoms with Crippen molar-refractivity contribution in [3.63, 3.8) is 0 Å². The van der Waals surface area contributed by atoms with Gasteiger partial charge in [-0.2, -0.15) is 0 Å². The number of ether oxygens (including phenoxy) is 1. The lowest BCUT2D eigenvalue weighted by Crippen LogP contribution is -2.50. The van der Waals surface area contributed by atoms with E-state index in [1.807, 2.05) is 37.3 Å². The maximum Gasteiger partial charge on any atom is 0.290 e. The normalized spacial score (nSPS) is 20.4. The van der Waals surface area contributed by atoms with Gasteiger partial charge in [0.15, 0.2) is 0 Å². The summed E-state index contributed by atoms with van der Waals surface area (Å²) >= 11 is 0. The molecule has 3 rings (SSSR count). The van der Waals surface area contributed by atoms with Gasteiger partial charge in [0.1, 0.15) is 5.69 Å². The molecule has 2 amide bonds. The van der Waals surface area contributed by atoms with Crippen molar-refractivity contribution in [1.82, 2.24) is 15.6 Å². The lowest BCUT2D eigenvalue weighted by molar-refractivity contribution is -0.127. The predicted molar refractivity (Wildman–Crippen MR) is 116 cm³/mol. The van der Waals surface area contributed by atoms with Crippen LogP contribution in [0.4, 0.5) is 0 Å². The molecule has 1 fully saturated rings. The molecule has 3 atom stereocenters. The van der Waals surface area contributed by atoms with Gasteiger partial charge in [-0.1, -0.05) is 25.1 Å². The SMILES string of the molecule is CCCO[C@@H]1CC[C@H](C(=O)NCCO)C[C@H]1NC(=O)c1cc2ccccc2[nH]1.O=CO. The Morgan fingerprint density at radius 2 is 2.03 bits per heavy atom. The fourth-order valence-corrected chi connectivity index (χ4v) is 3.77. The predicted octanol–water partition coefficient (Wildman–Crippen LogP) is 1.67. The molecular weight excluding hydrogens is 402 g/mol. The number of rotatable bonds is 8. The van der Waals surface area contributed by atoms with E-state index in [9.17, 15) is 9.59 Å². The first-order chi connectivity index (χ1) is 15.0. The number of aliphatic hydroxyl groups is 1. The summed E-state index contributed by atoms with van der Waals surface area (Å²) in [5.74, 6) is -0.461. The Kier molecular flexibility index (Phi) is 9.99. The number of carbonyl (C=O) groups is 3. The molecule has 1 heterocycles. The standard InChI is InChI=1S/C21H29N3O4.CH2O2/c1-2-11-28-19-8-7-15(20(26)22-9-10-25)13-17(19)24-21(27)18-12-14-5-3-4-6-16(14)23-18;2-1-3/h3-6,12,15,17,19,23,25H,2,7-11,13H2,1H3,(H,22,26)(H,24,27);1H,(H,2,3)/t15-,17+,19+;/m0./s1. The number of fused-ring (bicyclic) bond motifs is 1. The molecule has 170 valence electrons. The van der Waals surface area contributed by atoms with Gasteiger partial charge < -0.3 is 30.6 Å². The quantitative estimate of drug-likeness (QED) is 0.401. The summed E-state index contributed by atoms with van der Waals surface area (Å²) in [7, 11) is 0. The second kappa shape index (κ2) is 12.7. The van der Waals surface area contributed by atoms with E-state index in [0.29, 0.717) is 25.1 Å². The fourth-order valence-electron chi connectivity index (χ4n) is 3.77. The van der Waals surface area contributed by atoms with Crippen LogP contribution in [0.2, 0.25) is 0 Å². The third kappa shape index (κ3) is 7.08. The molecule has 0 unspecified atom stereocenters. The topological polar surface area (TPSA) is 141 Å². The molecule has 1 aromatic heterocycles. The van der Waals surface area contributed by atoms with Crippen LogP contribution in [0.5, 0.6) is 0 Å². The Balaban J connectivity index is 0.00000107. The summed E-state index contributed by atoms with van der Waals surface area (Å²) in [5.41, 5.74) is 1.42. The third-order valence-electron chi connectivity index (χ3n) is 5.20. The molecule has 2 aromatic rings. The van der Waals surface area contributed by atoms with Crippen molar-refractivity contribution >= 4 is 29.2 Å². The number of carboxylic acid groups (broad SMARTS) is 1. The Hall–Kier alpha value is -2.91. The van der Waals surface area contributed by atoms with Crippen molar-refractivity contribution < 1.29 is 29.3 Å². The lowest BCUT2D eigenvalue weighted by Gasteiger charge is -2.35.